The molecule has 1 heterocycles. The Morgan fingerprint density at radius 1 is 1.13 bits per heavy atom. The number of aliphatic hydroxyl groups is 3. The van der Waals surface area contributed by atoms with Crippen LogP contribution in [-0.2, 0) is 30.7 Å². The molecule has 31 heavy (non-hydrogen) atoms. The molecule has 0 spiro atoms. The van der Waals surface area contributed by atoms with E-state index in [0.717, 1.165) is 5.56 Å². The first-order valence-electron chi connectivity index (χ1n) is 9.86. The number of hydrogen-bond acceptors (Lipinski definition) is 9. The average molecular weight is 462 g/mol. The second-order valence-corrected chi connectivity index (χ2v) is 10.4. The van der Waals surface area contributed by atoms with E-state index in [-0.39, 0.29) is 18.8 Å². The number of methoxy groups -OCH3 is 1. The normalized spacial score (nSPS) is 27.0. The maximum atomic E-state index is 12.6. The standard InChI is InChI=1S/C20H31NO9S/c1-20(2,21-19(25)29-11-13-7-5-4-6-8-13)9-10-31(26,27)12-14-15(22)16(23)17(24)18(28-3)30-14/h4-8,14-18,22-24H,9-12H2,1-3H3,(H,21,25)/t14-,15-,16+,17-,18+/m1/s1. The number of carbonyl (C=O) groups excluding carboxylic acids is 1. The first-order valence-corrected chi connectivity index (χ1v) is 11.7. The predicted molar refractivity (Wildman–Crippen MR) is 111 cm³/mol. The molecule has 1 saturated heterocycles. The van der Waals surface area contributed by atoms with Crippen molar-refractivity contribution in [2.45, 2.75) is 63.1 Å². The number of benzene rings is 1. The molecule has 1 aliphatic heterocycles. The van der Waals surface area contributed by atoms with Crippen LogP contribution in [0.3, 0.4) is 0 Å². The summed E-state index contributed by atoms with van der Waals surface area (Å²) in [6, 6.07) is 9.14. The van der Waals surface area contributed by atoms with Gasteiger partial charge in [-0.15, -0.1) is 0 Å². The highest BCUT2D eigenvalue weighted by Crippen LogP contribution is 2.23. The highest BCUT2D eigenvalue weighted by atomic mass is 32.2. The van der Waals surface area contributed by atoms with Crippen molar-refractivity contribution in [3.05, 3.63) is 35.9 Å². The first kappa shape index (κ1) is 25.5. The van der Waals surface area contributed by atoms with Gasteiger partial charge in [0.05, 0.1) is 11.5 Å². The number of ether oxygens (including phenoxy) is 3. The van der Waals surface area contributed by atoms with Gasteiger partial charge in [0.2, 0.25) is 0 Å². The van der Waals surface area contributed by atoms with E-state index in [9.17, 15) is 28.5 Å². The lowest BCUT2D eigenvalue weighted by atomic mass is 10.00. The van der Waals surface area contributed by atoms with Crippen LogP contribution in [0, 0.1) is 0 Å². The van der Waals surface area contributed by atoms with Gasteiger partial charge in [0.25, 0.3) is 0 Å². The van der Waals surface area contributed by atoms with Crippen LogP contribution >= 0.6 is 0 Å². The number of aliphatic hydroxyl groups excluding tert-OH is 3. The minimum Gasteiger partial charge on any atom is -0.445 e. The van der Waals surface area contributed by atoms with Crippen molar-refractivity contribution in [2.75, 3.05) is 18.6 Å². The molecule has 1 amide bonds. The van der Waals surface area contributed by atoms with E-state index in [1.807, 2.05) is 30.3 Å². The summed E-state index contributed by atoms with van der Waals surface area (Å²) in [5, 5.41) is 32.4. The summed E-state index contributed by atoms with van der Waals surface area (Å²) in [4.78, 5) is 12.1. The summed E-state index contributed by atoms with van der Waals surface area (Å²) in [5.41, 5.74) is -0.0526. The lowest BCUT2D eigenvalue weighted by Gasteiger charge is -2.39. The zero-order valence-corrected chi connectivity index (χ0v) is 18.6. The van der Waals surface area contributed by atoms with Gasteiger partial charge in [-0.1, -0.05) is 30.3 Å². The zero-order valence-electron chi connectivity index (χ0n) is 17.8. The number of sulfone groups is 1. The quantitative estimate of drug-likeness (QED) is 0.397. The molecule has 1 aromatic rings. The smallest absolute Gasteiger partial charge is 0.407 e. The van der Waals surface area contributed by atoms with E-state index in [2.05, 4.69) is 5.32 Å². The third kappa shape index (κ3) is 7.70. The van der Waals surface area contributed by atoms with E-state index in [1.54, 1.807) is 13.8 Å². The molecule has 11 heteroatoms. The van der Waals surface area contributed by atoms with Crippen LogP contribution in [0.2, 0.25) is 0 Å². The monoisotopic (exact) mass is 461 g/mol. The van der Waals surface area contributed by atoms with Crippen LogP contribution in [0.25, 0.3) is 0 Å². The van der Waals surface area contributed by atoms with Gasteiger partial charge in [0.15, 0.2) is 16.1 Å². The van der Waals surface area contributed by atoms with Gasteiger partial charge >= 0.3 is 6.09 Å². The molecule has 1 aromatic carbocycles. The minimum atomic E-state index is -3.74. The summed E-state index contributed by atoms with van der Waals surface area (Å²) >= 11 is 0. The molecular formula is C20H31NO9S. The van der Waals surface area contributed by atoms with Gasteiger partial charge in [0.1, 0.15) is 31.0 Å². The Hall–Kier alpha value is -1.76. The largest absolute Gasteiger partial charge is 0.445 e. The highest BCUT2D eigenvalue weighted by molar-refractivity contribution is 7.91. The molecule has 0 aliphatic carbocycles. The van der Waals surface area contributed by atoms with Crippen molar-refractivity contribution < 1.29 is 42.7 Å². The Bertz CT molecular complexity index is 813. The summed E-state index contributed by atoms with van der Waals surface area (Å²) in [5.74, 6) is -0.881. The Balaban J connectivity index is 1.85. The molecule has 1 fully saturated rings. The van der Waals surface area contributed by atoms with E-state index >= 15 is 0 Å². The Kier molecular flexibility index (Phi) is 8.81. The summed E-state index contributed by atoms with van der Waals surface area (Å²) in [7, 11) is -2.51. The number of alkyl carbamates (subject to hydrolysis) is 1. The lowest BCUT2D eigenvalue weighted by molar-refractivity contribution is -0.285. The second-order valence-electron chi connectivity index (χ2n) is 8.19. The van der Waals surface area contributed by atoms with Crippen LogP contribution in [0.1, 0.15) is 25.8 Å². The second kappa shape index (κ2) is 10.7. The molecule has 0 radical (unpaired) electrons. The molecule has 10 nitrogen and oxygen atoms in total. The van der Waals surface area contributed by atoms with Gasteiger partial charge in [-0.05, 0) is 25.8 Å². The van der Waals surface area contributed by atoms with Crippen molar-refractivity contribution in [2.24, 2.45) is 0 Å². The number of amides is 1. The fourth-order valence-electron chi connectivity index (χ4n) is 3.09. The van der Waals surface area contributed by atoms with E-state index in [0.29, 0.717) is 0 Å². The molecule has 0 saturated carbocycles. The topological polar surface area (TPSA) is 152 Å². The highest BCUT2D eigenvalue weighted by Gasteiger charge is 2.45. The molecule has 2 rings (SSSR count). The summed E-state index contributed by atoms with van der Waals surface area (Å²) in [6.45, 7) is 3.42. The molecular weight excluding hydrogens is 430 g/mol. The Labute approximate surface area is 182 Å². The maximum absolute atomic E-state index is 12.6. The van der Waals surface area contributed by atoms with Crippen LogP contribution in [0.5, 0.6) is 0 Å². The van der Waals surface area contributed by atoms with E-state index < -0.39 is 57.9 Å². The first-order chi connectivity index (χ1) is 14.4. The summed E-state index contributed by atoms with van der Waals surface area (Å²) in [6.07, 6.45) is -7.79. The van der Waals surface area contributed by atoms with Crippen molar-refractivity contribution in [3.8, 4) is 0 Å². The SMILES string of the molecule is CO[C@H]1O[C@H](CS(=O)(=O)CCC(C)(C)NC(=O)OCc2ccccc2)[C@@H](O)[C@H](O)[C@H]1O. The fourth-order valence-corrected chi connectivity index (χ4v) is 4.86. The molecule has 0 unspecified atom stereocenters. The van der Waals surface area contributed by atoms with Crippen molar-refractivity contribution in [3.63, 3.8) is 0 Å². The van der Waals surface area contributed by atoms with Crippen molar-refractivity contribution >= 4 is 15.9 Å². The number of carbonyl (C=O) groups is 1. The predicted octanol–water partition coefficient (Wildman–Crippen LogP) is -0.0497. The van der Waals surface area contributed by atoms with Gasteiger partial charge in [0, 0.05) is 12.6 Å². The Morgan fingerprint density at radius 3 is 2.39 bits per heavy atom. The summed E-state index contributed by atoms with van der Waals surface area (Å²) < 4.78 is 40.4. The van der Waals surface area contributed by atoms with Crippen molar-refractivity contribution in [1.29, 1.82) is 0 Å². The number of nitrogens with one attached hydrogen (secondary N) is 1. The van der Waals surface area contributed by atoms with Gasteiger partial charge < -0.3 is 34.8 Å². The fraction of sp³-hybridized carbons (Fsp3) is 0.650. The molecule has 5 atom stereocenters. The van der Waals surface area contributed by atoms with E-state index in [4.69, 9.17) is 14.2 Å². The number of rotatable bonds is 9. The Morgan fingerprint density at radius 2 is 1.77 bits per heavy atom. The minimum absolute atomic E-state index is 0.0808. The van der Waals surface area contributed by atoms with Crippen LogP contribution in [0.4, 0.5) is 4.79 Å². The molecule has 0 bridgehead atoms. The van der Waals surface area contributed by atoms with Crippen LogP contribution < -0.4 is 5.32 Å². The maximum Gasteiger partial charge on any atom is 0.407 e. The average Bonchev–Trinajstić information content (AvgIpc) is 2.72. The van der Waals surface area contributed by atoms with E-state index in [1.165, 1.54) is 7.11 Å². The molecule has 4 N–H and O–H groups in total. The number of hydrogen-bond donors (Lipinski definition) is 4. The van der Waals surface area contributed by atoms with Gasteiger partial charge in [-0.25, -0.2) is 13.2 Å². The lowest BCUT2D eigenvalue weighted by Crippen LogP contribution is -2.59. The van der Waals surface area contributed by atoms with Gasteiger partial charge in [-0.2, -0.15) is 0 Å². The zero-order chi connectivity index (χ0) is 23.2. The third-order valence-electron chi connectivity index (χ3n) is 5.01. The third-order valence-corrected chi connectivity index (χ3v) is 6.67. The molecule has 1 aliphatic rings. The van der Waals surface area contributed by atoms with Crippen LogP contribution in [0.15, 0.2) is 30.3 Å². The van der Waals surface area contributed by atoms with Crippen LogP contribution in [-0.4, -0.2) is 84.7 Å². The van der Waals surface area contributed by atoms with Crippen molar-refractivity contribution in [1.82, 2.24) is 5.32 Å². The molecule has 0 aromatic heterocycles. The van der Waals surface area contributed by atoms with Gasteiger partial charge in [-0.3, -0.25) is 0 Å². The molecule has 176 valence electrons.